The maximum Gasteiger partial charge on any atom is 0.251 e. The van der Waals surface area contributed by atoms with Crippen LogP contribution in [0.5, 0.6) is 0 Å². The van der Waals surface area contributed by atoms with Crippen LogP contribution < -0.4 is 10.6 Å². The summed E-state index contributed by atoms with van der Waals surface area (Å²) in [5.74, 6) is 0.333. The molecule has 6 nitrogen and oxygen atoms in total. The van der Waals surface area contributed by atoms with Crippen molar-refractivity contribution in [3.63, 3.8) is 0 Å². The van der Waals surface area contributed by atoms with E-state index in [2.05, 4.69) is 22.2 Å². The van der Waals surface area contributed by atoms with E-state index in [1.54, 1.807) is 12.1 Å². The van der Waals surface area contributed by atoms with Crippen molar-refractivity contribution in [2.45, 2.75) is 20.0 Å². The summed E-state index contributed by atoms with van der Waals surface area (Å²) in [5, 5.41) is 5.67. The topological polar surface area (TPSA) is 76.0 Å². The second kappa shape index (κ2) is 8.31. The number of aromatic nitrogens is 2. The second-order valence-electron chi connectivity index (χ2n) is 6.19. The van der Waals surface area contributed by atoms with Crippen LogP contribution in [0.3, 0.4) is 0 Å². The zero-order valence-electron chi connectivity index (χ0n) is 15.2. The van der Waals surface area contributed by atoms with Crippen LogP contribution in [0.1, 0.15) is 21.7 Å². The molecule has 0 fully saturated rings. The van der Waals surface area contributed by atoms with Crippen molar-refractivity contribution in [3.8, 4) is 0 Å². The van der Waals surface area contributed by atoms with Gasteiger partial charge in [-0.3, -0.25) is 9.59 Å². The molecule has 0 aliphatic rings. The molecule has 27 heavy (non-hydrogen) atoms. The summed E-state index contributed by atoms with van der Waals surface area (Å²) in [7, 11) is 0. The number of carbonyl (C=O) groups is 2. The predicted octanol–water partition coefficient (Wildman–Crippen LogP) is 2.58. The number of para-hydroxylation sites is 2. The Kier molecular flexibility index (Phi) is 5.66. The van der Waals surface area contributed by atoms with Crippen molar-refractivity contribution in [2.75, 3.05) is 6.54 Å². The largest absolute Gasteiger partial charge is 0.351 e. The molecule has 0 spiro atoms. The fourth-order valence-corrected chi connectivity index (χ4v) is 2.90. The van der Waals surface area contributed by atoms with E-state index in [-0.39, 0.29) is 24.9 Å². The Morgan fingerprint density at radius 3 is 2.63 bits per heavy atom. The summed E-state index contributed by atoms with van der Waals surface area (Å²) >= 11 is 0. The maximum atomic E-state index is 12.5. The normalized spacial score (nSPS) is 10.6. The third-order valence-corrected chi connectivity index (χ3v) is 4.28. The molecule has 0 saturated carbocycles. The molecule has 0 atom stereocenters. The van der Waals surface area contributed by atoms with Crippen LogP contribution in [0.25, 0.3) is 11.0 Å². The lowest BCUT2D eigenvalue weighted by molar-refractivity contribution is -0.121. The van der Waals surface area contributed by atoms with E-state index in [0.717, 1.165) is 16.6 Å². The second-order valence-corrected chi connectivity index (χ2v) is 6.19. The molecule has 0 aliphatic carbocycles. The van der Waals surface area contributed by atoms with Gasteiger partial charge in [-0.2, -0.15) is 0 Å². The van der Waals surface area contributed by atoms with Gasteiger partial charge in [0.25, 0.3) is 5.91 Å². The average Bonchev–Trinajstić information content (AvgIpc) is 3.02. The smallest absolute Gasteiger partial charge is 0.251 e. The number of hydrogen-bond acceptors (Lipinski definition) is 3. The number of rotatable bonds is 7. The van der Waals surface area contributed by atoms with Gasteiger partial charge in [0.1, 0.15) is 12.4 Å². The first kappa shape index (κ1) is 18.4. The van der Waals surface area contributed by atoms with E-state index in [4.69, 9.17) is 0 Å². The highest BCUT2D eigenvalue weighted by atomic mass is 16.2. The van der Waals surface area contributed by atoms with Crippen LogP contribution in [0.2, 0.25) is 0 Å². The Hall–Kier alpha value is -3.41. The first-order valence-electron chi connectivity index (χ1n) is 8.75. The number of hydrogen-bond donors (Lipinski definition) is 2. The molecule has 6 heteroatoms. The molecule has 2 N–H and O–H groups in total. The number of aryl methyl sites for hydroxylation is 1. The van der Waals surface area contributed by atoms with Gasteiger partial charge in [-0.15, -0.1) is 6.58 Å². The Morgan fingerprint density at radius 2 is 1.85 bits per heavy atom. The van der Waals surface area contributed by atoms with E-state index >= 15 is 0 Å². The first-order chi connectivity index (χ1) is 13.1. The van der Waals surface area contributed by atoms with Gasteiger partial charge in [-0.25, -0.2) is 4.98 Å². The number of carbonyl (C=O) groups excluding carboxylic acids is 2. The van der Waals surface area contributed by atoms with E-state index in [0.29, 0.717) is 17.9 Å². The zero-order chi connectivity index (χ0) is 19.2. The summed E-state index contributed by atoms with van der Waals surface area (Å²) in [4.78, 5) is 29.2. The summed E-state index contributed by atoms with van der Waals surface area (Å²) in [6.07, 6.45) is 1.63. The Morgan fingerprint density at radius 1 is 1.11 bits per heavy atom. The number of benzene rings is 2. The third-order valence-electron chi connectivity index (χ3n) is 4.28. The van der Waals surface area contributed by atoms with Crippen LogP contribution in [0, 0.1) is 6.92 Å². The molecule has 1 heterocycles. The van der Waals surface area contributed by atoms with Crippen molar-refractivity contribution in [1.82, 2.24) is 20.2 Å². The van der Waals surface area contributed by atoms with Gasteiger partial charge >= 0.3 is 0 Å². The van der Waals surface area contributed by atoms with E-state index < -0.39 is 0 Å². The SMILES string of the molecule is C=CCNC(=O)Cn1c(CNC(=O)c2ccccc2C)nc2ccccc21. The number of amides is 2. The lowest BCUT2D eigenvalue weighted by Gasteiger charge is -2.11. The zero-order valence-corrected chi connectivity index (χ0v) is 15.2. The fourth-order valence-electron chi connectivity index (χ4n) is 2.90. The highest BCUT2D eigenvalue weighted by molar-refractivity contribution is 5.95. The number of nitrogens with zero attached hydrogens (tertiary/aromatic N) is 2. The summed E-state index contributed by atoms with van der Waals surface area (Å²) in [6.45, 7) is 6.27. The maximum absolute atomic E-state index is 12.5. The molecule has 1 aromatic heterocycles. The molecule has 0 saturated heterocycles. The molecule has 3 rings (SSSR count). The summed E-state index contributed by atoms with van der Waals surface area (Å²) < 4.78 is 1.83. The molecular weight excluding hydrogens is 340 g/mol. The molecule has 0 aliphatic heterocycles. The molecule has 0 unspecified atom stereocenters. The number of fused-ring (bicyclic) bond motifs is 1. The number of nitrogens with one attached hydrogen (secondary N) is 2. The van der Waals surface area contributed by atoms with Crippen molar-refractivity contribution in [1.29, 1.82) is 0 Å². The van der Waals surface area contributed by atoms with E-state index in [1.807, 2.05) is 54.0 Å². The van der Waals surface area contributed by atoms with Crippen molar-refractivity contribution < 1.29 is 9.59 Å². The number of imidazole rings is 1. The average molecular weight is 362 g/mol. The molecular formula is C21H22N4O2. The molecule has 138 valence electrons. The Balaban J connectivity index is 1.82. The standard InChI is InChI=1S/C21H22N4O2/c1-3-12-22-20(26)14-25-18-11-7-6-10-17(18)24-19(25)13-23-21(27)16-9-5-4-8-15(16)2/h3-11H,1,12-14H2,2H3,(H,22,26)(H,23,27). The van der Waals surface area contributed by atoms with Crippen LogP contribution in [0.15, 0.2) is 61.2 Å². The minimum absolute atomic E-state index is 0.129. The first-order valence-corrected chi connectivity index (χ1v) is 8.75. The lowest BCUT2D eigenvalue weighted by atomic mass is 10.1. The van der Waals surface area contributed by atoms with Gasteiger partial charge < -0.3 is 15.2 Å². The monoisotopic (exact) mass is 362 g/mol. The van der Waals surface area contributed by atoms with E-state index in [1.165, 1.54) is 0 Å². The Bertz CT molecular complexity index is 991. The molecule has 0 radical (unpaired) electrons. The van der Waals surface area contributed by atoms with Crippen molar-refractivity contribution in [2.24, 2.45) is 0 Å². The quantitative estimate of drug-likeness (QED) is 0.634. The minimum atomic E-state index is -0.164. The van der Waals surface area contributed by atoms with Crippen LogP contribution >= 0.6 is 0 Å². The van der Waals surface area contributed by atoms with Crippen molar-refractivity contribution >= 4 is 22.8 Å². The van der Waals surface area contributed by atoms with Crippen LogP contribution in [0.4, 0.5) is 0 Å². The van der Waals surface area contributed by atoms with Crippen LogP contribution in [-0.2, 0) is 17.9 Å². The molecule has 2 aromatic carbocycles. The van der Waals surface area contributed by atoms with Gasteiger partial charge in [-0.1, -0.05) is 36.4 Å². The highest BCUT2D eigenvalue weighted by Gasteiger charge is 2.15. The van der Waals surface area contributed by atoms with Gasteiger partial charge in [0.05, 0.1) is 17.6 Å². The minimum Gasteiger partial charge on any atom is -0.351 e. The molecule has 0 bridgehead atoms. The summed E-state index contributed by atoms with van der Waals surface area (Å²) in [6, 6.07) is 15.0. The van der Waals surface area contributed by atoms with Gasteiger partial charge in [-0.05, 0) is 30.7 Å². The Labute approximate surface area is 157 Å². The van der Waals surface area contributed by atoms with Gasteiger partial charge in [0.2, 0.25) is 5.91 Å². The predicted molar refractivity (Wildman–Crippen MR) is 105 cm³/mol. The van der Waals surface area contributed by atoms with Crippen LogP contribution in [-0.4, -0.2) is 27.9 Å². The molecule has 3 aromatic rings. The van der Waals surface area contributed by atoms with E-state index in [9.17, 15) is 9.59 Å². The van der Waals surface area contributed by atoms with Gasteiger partial charge in [0.15, 0.2) is 0 Å². The van der Waals surface area contributed by atoms with Crippen molar-refractivity contribution in [3.05, 3.63) is 78.1 Å². The highest BCUT2D eigenvalue weighted by Crippen LogP contribution is 2.16. The molecule has 2 amide bonds. The summed E-state index contributed by atoms with van der Waals surface area (Å²) in [5.41, 5.74) is 3.18. The third kappa shape index (κ3) is 4.23. The lowest BCUT2D eigenvalue weighted by Crippen LogP contribution is -2.30. The fraction of sp³-hybridized carbons (Fsp3) is 0.190. The van der Waals surface area contributed by atoms with Gasteiger partial charge in [0, 0.05) is 12.1 Å².